The third-order valence-corrected chi connectivity index (χ3v) is 6.43. The molecule has 0 bridgehead atoms. The Hall–Kier alpha value is -3.85. The summed E-state index contributed by atoms with van der Waals surface area (Å²) in [4.78, 5) is 31.7. The monoisotopic (exact) mass is 480 g/mol. The van der Waals surface area contributed by atoms with Crippen molar-refractivity contribution >= 4 is 23.4 Å². The lowest BCUT2D eigenvalue weighted by atomic mass is 9.95. The summed E-state index contributed by atoms with van der Waals surface area (Å²) in [6, 6.07) is 11.0. The van der Waals surface area contributed by atoms with Gasteiger partial charge in [-0.05, 0) is 49.8 Å². The molecular formula is C25H24N2O6S. The minimum Gasteiger partial charge on any atom is -0.508 e. The van der Waals surface area contributed by atoms with Gasteiger partial charge >= 0.3 is 5.97 Å². The first-order chi connectivity index (χ1) is 16.4. The van der Waals surface area contributed by atoms with Crippen LogP contribution >= 0.6 is 11.3 Å². The van der Waals surface area contributed by atoms with Gasteiger partial charge in [0.25, 0.3) is 5.56 Å². The molecule has 9 heteroatoms. The molecule has 0 saturated heterocycles. The Morgan fingerprint density at radius 2 is 1.91 bits per heavy atom. The van der Waals surface area contributed by atoms with Crippen molar-refractivity contribution < 1.29 is 24.1 Å². The molecule has 4 rings (SSSR count). The molecule has 1 aromatic heterocycles. The van der Waals surface area contributed by atoms with E-state index in [1.807, 2.05) is 0 Å². The minimum absolute atomic E-state index is 0.139. The topological polar surface area (TPSA) is 99.4 Å². The van der Waals surface area contributed by atoms with Crippen molar-refractivity contribution in [3.05, 3.63) is 84.5 Å². The molecule has 34 heavy (non-hydrogen) atoms. The predicted octanol–water partition coefficient (Wildman–Crippen LogP) is 2.52. The maximum atomic E-state index is 13.6. The van der Waals surface area contributed by atoms with E-state index in [0.717, 1.165) is 5.56 Å². The summed E-state index contributed by atoms with van der Waals surface area (Å²) >= 11 is 1.23. The number of ether oxygens (including phenoxy) is 3. The van der Waals surface area contributed by atoms with Crippen molar-refractivity contribution in [1.29, 1.82) is 0 Å². The summed E-state index contributed by atoms with van der Waals surface area (Å²) in [5, 5.41) is 9.55. The van der Waals surface area contributed by atoms with E-state index in [1.54, 1.807) is 69.5 Å². The van der Waals surface area contributed by atoms with E-state index in [-0.39, 0.29) is 23.5 Å². The largest absolute Gasteiger partial charge is 0.508 e. The van der Waals surface area contributed by atoms with Crippen molar-refractivity contribution in [2.24, 2.45) is 4.99 Å². The number of hydrogen-bond acceptors (Lipinski definition) is 8. The fourth-order valence-electron chi connectivity index (χ4n) is 3.85. The van der Waals surface area contributed by atoms with Gasteiger partial charge in [0.2, 0.25) is 0 Å². The van der Waals surface area contributed by atoms with Gasteiger partial charge in [0.1, 0.15) is 23.3 Å². The third-order valence-electron chi connectivity index (χ3n) is 5.44. The number of thiazole rings is 1. The number of fused-ring (bicyclic) bond motifs is 1. The van der Waals surface area contributed by atoms with Gasteiger partial charge in [0, 0.05) is 11.6 Å². The summed E-state index contributed by atoms with van der Waals surface area (Å²) in [5.41, 5.74) is 1.81. The molecule has 176 valence electrons. The average molecular weight is 481 g/mol. The lowest BCUT2D eigenvalue weighted by molar-refractivity contribution is -0.139. The molecule has 2 aromatic carbocycles. The zero-order valence-electron chi connectivity index (χ0n) is 19.2. The molecule has 1 aliphatic heterocycles. The number of esters is 1. The minimum atomic E-state index is -0.793. The highest BCUT2D eigenvalue weighted by Gasteiger charge is 2.35. The second-order valence-electron chi connectivity index (χ2n) is 7.50. The van der Waals surface area contributed by atoms with Crippen LogP contribution < -0.4 is 24.4 Å². The second kappa shape index (κ2) is 9.56. The molecule has 1 aliphatic rings. The number of rotatable bonds is 6. The SMILES string of the molecule is CCOC(=O)C1=C(C)N=c2s/c(=C\c3ccc(O)cc3)c(=O)n2[C@H]1c1ccc(OC)cc1OC. The lowest BCUT2D eigenvalue weighted by Crippen LogP contribution is -2.40. The zero-order valence-corrected chi connectivity index (χ0v) is 20.0. The Kier molecular flexibility index (Phi) is 6.56. The molecule has 0 spiro atoms. The van der Waals surface area contributed by atoms with E-state index >= 15 is 0 Å². The number of methoxy groups -OCH3 is 2. The molecule has 0 saturated carbocycles. The molecule has 0 aliphatic carbocycles. The molecule has 0 amide bonds. The van der Waals surface area contributed by atoms with Crippen molar-refractivity contribution in [3.63, 3.8) is 0 Å². The number of carbonyl (C=O) groups excluding carboxylic acids is 1. The Morgan fingerprint density at radius 3 is 2.56 bits per heavy atom. The molecule has 1 N–H and O–H groups in total. The van der Waals surface area contributed by atoms with Crippen molar-refractivity contribution in [3.8, 4) is 17.2 Å². The van der Waals surface area contributed by atoms with Crippen LogP contribution in [0.3, 0.4) is 0 Å². The lowest BCUT2D eigenvalue weighted by Gasteiger charge is -2.26. The molecule has 0 radical (unpaired) electrons. The molecule has 0 fully saturated rings. The summed E-state index contributed by atoms with van der Waals surface area (Å²) < 4.78 is 18.2. The number of allylic oxidation sites excluding steroid dienone is 1. The first-order valence-electron chi connectivity index (χ1n) is 10.6. The summed E-state index contributed by atoms with van der Waals surface area (Å²) in [6.07, 6.45) is 1.73. The van der Waals surface area contributed by atoms with E-state index in [4.69, 9.17) is 14.2 Å². The molecule has 2 heterocycles. The van der Waals surface area contributed by atoms with Gasteiger partial charge in [-0.15, -0.1) is 0 Å². The Labute approximate surface area is 199 Å². The van der Waals surface area contributed by atoms with Gasteiger partial charge in [-0.1, -0.05) is 23.5 Å². The van der Waals surface area contributed by atoms with Gasteiger partial charge in [0.15, 0.2) is 4.80 Å². The van der Waals surface area contributed by atoms with E-state index in [9.17, 15) is 14.7 Å². The third kappa shape index (κ3) is 4.22. The number of carbonyl (C=O) groups is 1. The van der Waals surface area contributed by atoms with Crippen LogP contribution in [0, 0.1) is 0 Å². The fraction of sp³-hybridized carbons (Fsp3) is 0.240. The van der Waals surface area contributed by atoms with Crippen LogP contribution in [0.15, 0.2) is 63.5 Å². The Morgan fingerprint density at radius 1 is 1.18 bits per heavy atom. The number of benzene rings is 2. The van der Waals surface area contributed by atoms with Crippen LogP contribution in [-0.2, 0) is 9.53 Å². The first-order valence-corrected chi connectivity index (χ1v) is 11.4. The number of nitrogens with zero attached hydrogens (tertiary/aromatic N) is 2. The van der Waals surface area contributed by atoms with E-state index in [0.29, 0.717) is 32.1 Å². The van der Waals surface area contributed by atoms with Crippen molar-refractivity contribution in [1.82, 2.24) is 4.57 Å². The van der Waals surface area contributed by atoms with E-state index in [2.05, 4.69) is 4.99 Å². The van der Waals surface area contributed by atoms with Gasteiger partial charge in [0.05, 0.1) is 36.6 Å². The van der Waals surface area contributed by atoms with E-state index in [1.165, 1.54) is 23.0 Å². The van der Waals surface area contributed by atoms with Gasteiger partial charge in [-0.3, -0.25) is 9.36 Å². The highest BCUT2D eigenvalue weighted by Crippen LogP contribution is 2.37. The van der Waals surface area contributed by atoms with Crippen LogP contribution in [0.2, 0.25) is 0 Å². The quantitative estimate of drug-likeness (QED) is 0.545. The van der Waals surface area contributed by atoms with Crippen LogP contribution in [0.5, 0.6) is 17.2 Å². The maximum absolute atomic E-state index is 13.6. The average Bonchev–Trinajstić information content (AvgIpc) is 3.13. The van der Waals surface area contributed by atoms with Gasteiger partial charge in [-0.25, -0.2) is 9.79 Å². The normalized spacial score (nSPS) is 15.5. The number of aromatic nitrogens is 1. The smallest absolute Gasteiger partial charge is 0.338 e. The molecule has 8 nitrogen and oxygen atoms in total. The van der Waals surface area contributed by atoms with Gasteiger partial charge < -0.3 is 19.3 Å². The Balaban J connectivity index is 1.99. The van der Waals surface area contributed by atoms with Crippen LogP contribution in [0.1, 0.15) is 31.0 Å². The fourth-order valence-corrected chi connectivity index (χ4v) is 4.90. The van der Waals surface area contributed by atoms with Gasteiger partial charge in [-0.2, -0.15) is 0 Å². The predicted molar refractivity (Wildman–Crippen MR) is 128 cm³/mol. The van der Waals surface area contributed by atoms with Crippen LogP contribution in [-0.4, -0.2) is 36.5 Å². The zero-order chi connectivity index (χ0) is 24.4. The van der Waals surface area contributed by atoms with Crippen molar-refractivity contribution in [2.75, 3.05) is 20.8 Å². The highest BCUT2D eigenvalue weighted by molar-refractivity contribution is 7.07. The number of phenols is 1. The van der Waals surface area contributed by atoms with Crippen molar-refractivity contribution in [2.45, 2.75) is 19.9 Å². The number of hydrogen-bond donors (Lipinski definition) is 1. The highest BCUT2D eigenvalue weighted by atomic mass is 32.1. The molecule has 0 unspecified atom stereocenters. The Bertz CT molecular complexity index is 1450. The maximum Gasteiger partial charge on any atom is 0.338 e. The van der Waals surface area contributed by atoms with E-state index < -0.39 is 12.0 Å². The molecule has 3 aromatic rings. The summed E-state index contributed by atoms with van der Waals surface area (Å²) in [6.45, 7) is 3.64. The standard InChI is InChI=1S/C25H24N2O6S/c1-5-33-24(30)21-14(2)26-25-27(22(21)18-11-10-17(31-3)13-19(18)32-4)23(29)20(34-25)12-15-6-8-16(28)9-7-15/h6-13,22,28H,5H2,1-4H3/b20-12-/t22-/m0/s1. The summed E-state index contributed by atoms with van der Waals surface area (Å²) in [5.74, 6) is 0.645. The molecular weight excluding hydrogens is 456 g/mol. The molecule has 1 atom stereocenters. The number of aromatic hydroxyl groups is 1. The van der Waals surface area contributed by atoms with Crippen LogP contribution in [0.4, 0.5) is 0 Å². The number of phenolic OH excluding ortho intramolecular Hbond substituents is 1. The second-order valence-corrected chi connectivity index (χ2v) is 8.51. The first kappa shape index (κ1) is 23.3. The summed E-state index contributed by atoms with van der Waals surface area (Å²) in [7, 11) is 3.07. The van der Waals surface area contributed by atoms with Crippen LogP contribution in [0.25, 0.3) is 6.08 Å².